The van der Waals surface area contributed by atoms with Crippen LogP contribution >= 0.6 is 0 Å². The van der Waals surface area contributed by atoms with Gasteiger partial charge >= 0.3 is 6.18 Å². The smallest absolute Gasteiger partial charge is 0.376 e. The summed E-state index contributed by atoms with van der Waals surface area (Å²) < 4.78 is 36.5. The zero-order valence-electron chi connectivity index (χ0n) is 10.00. The Balaban J connectivity index is 2.52. The second-order valence-corrected chi connectivity index (χ2v) is 4.85. The predicted molar refractivity (Wildman–Crippen MR) is 56.2 cm³/mol. The molecule has 1 amide bonds. The SMILES string of the molecule is CC(C)C1CCN(C(=O)C(O)C(F)(F)F)CC1. The van der Waals surface area contributed by atoms with Crippen LogP contribution in [-0.4, -0.2) is 41.3 Å². The summed E-state index contributed by atoms with van der Waals surface area (Å²) >= 11 is 0. The molecule has 0 aromatic heterocycles. The zero-order chi connectivity index (χ0) is 13.2. The van der Waals surface area contributed by atoms with Crippen LogP contribution in [0.15, 0.2) is 0 Å². The standard InChI is InChI=1S/C11H18F3NO2/c1-7(2)8-3-5-15(6-4-8)10(17)9(16)11(12,13)14/h7-9,16H,3-6H2,1-2H3. The number of aliphatic hydroxyl groups excluding tert-OH is 1. The van der Waals surface area contributed by atoms with Gasteiger partial charge in [-0.25, -0.2) is 0 Å². The summed E-state index contributed by atoms with van der Waals surface area (Å²) in [5.74, 6) is -0.304. The van der Waals surface area contributed by atoms with Gasteiger partial charge in [-0.15, -0.1) is 0 Å². The fourth-order valence-corrected chi connectivity index (χ4v) is 2.10. The van der Waals surface area contributed by atoms with Gasteiger partial charge in [0.1, 0.15) is 0 Å². The lowest BCUT2D eigenvalue weighted by Gasteiger charge is -2.35. The van der Waals surface area contributed by atoms with Gasteiger partial charge in [-0.3, -0.25) is 4.79 Å². The first-order valence-electron chi connectivity index (χ1n) is 5.77. The van der Waals surface area contributed by atoms with Gasteiger partial charge in [0.25, 0.3) is 5.91 Å². The maximum absolute atomic E-state index is 12.2. The number of halogens is 3. The van der Waals surface area contributed by atoms with E-state index in [1.807, 2.05) is 0 Å². The van der Waals surface area contributed by atoms with Gasteiger partial charge in [0.05, 0.1) is 0 Å². The van der Waals surface area contributed by atoms with Crippen molar-refractivity contribution in [2.45, 2.75) is 39.0 Å². The molecule has 6 heteroatoms. The Morgan fingerprint density at radius 3 is 2.12 bits per heavy atom. The first-order chi connectivity index (χ1) is 7.73. The van der Waals surface area contributed by atoms with Crippen LogP contribution in [0.2, 0.25) is 0 Å². The summed E-state index contributed by atoms with van der Waals surface area (Å²) in [6.07, 6.45) is -6.34. The normalized spacial score (nSPS) is 20.8. The Morgan fingerprint density at radius 1 is 1.29 bits per heavy atom. The molecule has 0 saturated carbocycles. The number of aliphatic hydroxyl groups is 1. The molecule has 1 unspecified atom stereocenters. The molecule has 1 atom stereocenters. The van der Waals surface area contributed by atoms with Crippen molar-refractivity contribution >= 4 is 5.91 Å². The Labute approximate surface area is 98.6 Å². The van der Waals surface area contributed by atoms with Crippen LogP contribution in [0.4, 0.5) is 13.2 Å². The van der Waals surface area contributed by atoms with Gasteiger partial charge in [-0.2, -0.15) is 13.2 Å². The third-order valence-electron chi connectivity index (χ3n) is 3.34. The van der Waals surface area contributed by atoms with E-state index in [2.05, 4.69) is 13.8 Å². The highest BCUT2D eigenvalue weighted by atomic mass is 19.4. The molecule has 0 aliphatic carbocycles. The van der Waals surface area contributed by atoms with Crippen LogP contribution in [0.5, 0.6) is 0 Å². The Kier molecular flexibility index (Phi) is 4.41. The minimum Gasteiger partial charge on any atom is -0.376 e. The number of hydrogen-bond donors (Lipinski definition) is 1. The van der Waals surface area contributed by atoms with E-state index in [0.717, 1.165) is 4.90 Å². The predicted octanol–water partition coefficient (Wildman–Crippen LogP) is 1.80. The molecule has 1 heterocycles. The topological polar surface area (TPSA) is 40.5 Å². The van der Waals surface area contributed by atoms with Crippen molar-refractivity contribution in [1.29, 1.82) is 0 Å². The number of piperidine rings is 1. The molecule has 0 aromatic carbocycles. The van der Waals surface area contributed by atoms with Crippen LogP contribution in [0.25, 0.3) is 0 Å². The van der Waals surface area contributed by atoms with E-state index < -0.39 is 18.2 Å². The summed E-state index contributed by atoms with van der Waals surface area (Å²) in [7, 11) is 0. The molecule has 0 bridgehead atoms. The van der Waals surface area contributed by atoms with E-state index in [9.17, 15) is 18.0 Å². The number of likely N-dealkylation sites (tertiary alicyclic amines) is 1. The Morgan fingerprint density at radius 2 is 1.76 bits per heavy atom. The molecule has 1 rings (SSSR count). The number of amides is 1. The van der Waals surface area contributed by atoms with Crippen molar-refractivity contribution < 1.29 is 23.1 Å². The van der Waals surface area contributed by atoms with E-state index in [4.69, 9.17) is 5.11 Å². The molecule has 1 aliphatic heterocycles. The van der Waals surface area contributed by atoms with E-state index >= 15 is 0 Å². The largest absolute Gasteiger partial charge is 0.423 e. The highest BCUT2D eigenvalue weighted by molar-refractivity contribution is 5.81. The highest BCUT2D eigenvalue weighted by Gasteiger charge is 2.45. The van der Waals surface area contributed by atoms with Crippen LogP contribution in [0, 0.1) is 11.8 Å². The molecular formula is C11H18F3NO2. The first-order valence-corrected chi connectivity index (χ1v) is 5.77. The molecule has 1 fully saturated rings. The molecule has 1 aliphatic rings. The minimum atomic E-state index is -4.87. The average Bonchev–Trinajstić information content (AvgIpc) is 2.26. The molecule has 3 nitrogen and oxygen atoms in total. The lowest BCUT2D eigenvalue weighted by molar-refractivity contribution is -0.211. The zero-order valence-corrected chi connectivity index (χ0v) is 10.00. The maximum atomic E-state index is 12.2. The number of carbonyl (C=O) groups is 1. The molecule has 0 aromatic rings. The fourth-order valence-electron chi connectivity index (χ4n) is 2.10. The van der Waals surface area contributed by atoms with Crippen molar-refractivity contribution in [3.63, 3.8) is 0 Å². The summed E-state index contributed by atoms with van der Waals surface area (Å²) in [5, 5.41) is 8.87. The first kappa shape index (κ1) is 14.3. The van der Waals surface area contributed by atoms with Gasteiger partial charge in [0.2, 0.25) is 6.10 Å². The molecule has 1 saturated heterocycles. The van der Waals surface area contributed by atoms with Gasteiger partial charge in [0, 0.05) is 13.1 Å². The number of nitrogens with zero attached hydrogens (tertiary/aromatic N) is 1. The van der Waals surface area contributed by atoms with Crippen molar-refractivity contribution in [2.75, 3.05) is 13.1 Å². The third kappa shape index (κ3) is 3.59. The van der Waals surface area contributed by atoms with Crippen LogP contribution in [0.1, 0.15) is 26.7 Å². The number of rotatable bonds is 2. The van der Waals surface area contributed by atoms with Crippen molar-refractivity contribution in [2.24, 2.45) is 11.8 Å². The summed E-state index contributed by atoms with van der Waals surface area (Å²) in [4.78, 5) is 12.5. The molecule has 1 N–H and O–H groups in total. The lowest BCUT2D eigenvalue weighted by atomic mass is 9.86. The number of carbonyl (C=O) groups excluding carboxylic acids is 1. The number of hydrogen-bond acceptors (Lipinski definition) is 2. The third-order valence-corrected chi connectivity index (χ3v) is 3.34. The molecule has 0 spiro atoms. The second-order valence-electron chi connectivity index (χ2n) is 4.85. The summed E-state index contributed by atoms with van der Waals surface area (Å²) in [5.41, 5.74) is 0. The Bertz CT molecular complexity index is 270. The summed E-state index contributed by atoms with van der Waals surface area (Å²) in [6, 6.07) is 0. The monoisotopic (exact) mass is 253 g/mol. The second kappa shape index (κ2) is 5.25. The number of alkyl halides is 3. The van der Waals surface area contributed by atoms with E-state index in [-0.39, 0.29) is 0 Å². The molecular weight excluding hydrogens is 235 g/mol. The highest BCUT2D eigenvalue weighted by Crippen LogP contribution is 2.27. The fraction of sp³-hybridized carbons (Fsp3) is 0.909. The quantitative estimate of drug-likeness (QED) is 0.815. The van der Waals surface area contributed by atoms with Crippen LogP contribution in [0.3, 0.4) is 0 Å². The maximum Gasteiger partial charge on any atom is 0.423 e. The Hall–Kier alpha value is -0.780. The van der Waals surface area contributed by atoms with Crippen molar-refractivity contribution in [1.82, 2.24) is 4.90 Å². The van der Waals surface area contributed by atoms with Gasteiger partial charge in [-0.05, 0) is 24.7 Å². The van der Waals surface area contributed by atoms with Crippen LogP contribution < -0.4 is 0 Å². The van der Waals surface area contributed by atoms with Gasteiger partial charge < -0.3 is 10.0 Å². The van der Waals surface area contributed by atoms with E-state index in [1.165, 1.54) is 0 Å². The van der Waals surface area contributed by atoms with Gasteiger partial charge in [-0.1, -0.05) is 13.8 Å². The molecule has 100 valence electrons. The lowest BCUT2D eigenvalue weighted by Crippen LogP contribution is -2.49. The minimum absolute atomic E-state index is 0.300. The summed E-state index contributed by atoms with van der Waals surface area (Å²) in [6.45, 7) is 4.73. The molecule has 0 radical (unpaired) electrons. The van der Waals surface area contributed by atoms with Crippen molar-refractivity contribution in [3.8, 4) is 0 Å². The van der Waals surface area contributed by atoms with Crippen molar-refractivity contribution in [3.05, 3.63) is 0 Å². The molecule has 17 heavy (non-hydrogen) atoms. The van der Waals surface area contributed by atoms with E-state index in [0.29, 0.717) is 37.8 Å². The van der Waals surface area contributed by atoms with E-state index in [1.54, 1.807) is 0 Å². The van der Waals surface area contributed by atoms with Crippen LogP contribution in [-0.2, 0) is 4.79 Å². The van der Waals surface area contributed by atoms with Gasteiger partial charge in [0.15, 0.2) is 0 Å². The average molecular weight is 253 g/mol.